The molecule has 54 heavy (non-hydrogen) atoms. The molecule has 7 rings (SSSR count). The van der Waals surface area contributed by atoms with Crippen molar-refractivity contribution in [3.8, 4) is 23.0 Å². The summed E-state index contributed by atoms with van der Waals surface area (Å²) >= 11 is 0. The molecule has 12 heteroatoms. The summed E-state index contributed by atoms with van der Waals surface area (Å²) in [4.78, 5) is 18.4. The van der Waals surface area contributed by atoms with Crippen LogP contribution in [-0.2, 0) is 6.42 Å². The lowest BCUT2D eigenvalue weighted by Crippen LogP contribution is -2.50. The van der Waals surface area contributed by atoms with Gasteiger partial charge in [-0.05, 0) is 96.7 Å². The Bertz CT molecular complexity index is 2010. The van der Waals surface area contributed by atoms with Crippen LogP contribution in [0.3, 0.4) is 0 Å². The number of piperidine rings is 1. The van der Waals surface area contributed by atoms with Gasteiger partial charge in [-0.1, -0.05) is 54.5 Å². The number of aryl methyl sites for hydroxylation is 1. The van der Waals surface area contributed by atoms with E-state index in [2.05, 4.69) is 46.4 Å². The predicted octanol–water partition coefficient (Wildman–Crippen LogP) is 9.54. The Morgan fingerprint density at radius 3 is 2.46 bits per heavy atom. The second-order valence-corrected chi connectivity index (χ2v) is 22.3. The summed E-state index contributed by atoms with van der Waals surface area (Å²) in [5.41, 5.74) is 1.40. The Morgan fingerprint density at radius 2 is 1.76 bits per heavy atom. The van der Waals surface area contributed by atoms with E-state index in [0.717, 1.165) is 31.2 Å². The normalized spacial score (nSPS) is 23.8. The summed E-state index contributed by atoms with van der Waals surface area (Å²) in [6, 6.07) is 6.68. The Labute approximate surface area is 318 Å². The lowest BCUT2D eigenvalue weighted by atomic mass is 9.94. The van der Waals surface area contributed by atoms with Crippen LogP contribution in [-0.4, -0.2) is 83.4 Å². The number of rotatable bonds is 11. The first-order valence-corrected chi connectivity index (χ1v) is 22.1. The molecule has 3 aliphatic heterocycles. The molecular weight excluding hydrogens is 708 g/mol. The van der Waals surface area contributed by atoms with Crippen molar-refractivity contribution >= 4 is 35.8 Å². The first-order valence-electron chi connectivity index (χ1n) is 20.0. The van der Waals surface area contributed by atoms with Gasteiger partial charge < -0.3 is 19.2 Å². The summed E-state index contributed by atoms with van der Waals surface area (Å²) < 4.78 is 61.2. The van der Waals surface area contributed by atoms with Gasteiger partial charge in [-0.3, -0.25) is 9.88 Å². The van der Waals surface area contributed by atoms with E-state index < -0.39 is 31.9 Å². The number of hydrogen-bond donors (Lipinski definition) is 1. The van der Waals surface area contributed by atoms with Crippen molar-refractivity contribution in [2.75, 3.05) is 31.1 Å². The van der Waals surface area contributed by atoms with Gasteiger partial charge in [0.2, 0.25) is 0 Å². The summed E-state index contributed by atoms with van der Waals surface area (Å²) in [5.74, 6) is -0.000988. The fourth-order valence-corrected chi connectivity index (χ4v) is 15.4. The third-order valence-electron chi connectivity index (χ3n) is 12.8. The van der Waals surface area contributed by atoms with Gasteiger partial charge >= 0.3 is 6.01 Å². The largest absolute Gasteiger partial charge is 0.543 e. The highest BCUT2D eigenvalue weighted by atomic mass is 28.4. The molecule has 292 valence electrons. The first-order chi connectivity index (χ1) is 25.7. The van der Waals surface area contributed by atoms with Crippen molar-refractivity contribution in [2.45, 2.75) is 134 Å². The Kier molecular flexibility index (Phi) is 10.7. The van der Waals surface area contributed by atoms with E-state index in [1.54, 1.807) is 12.3 Å². The van der Waals surface area contributed by atoms with Crippen molar-refractivity contribution < 1.29 is 27.4 Å². The average molecular weight is 764 g/mol. The van der Waals surface area contributed by atoms with Gasteiger partial charge in [-0.15, -0.1) is 0 Å². The molecule has 5 heterocycles. The fourth-order valence-electron chi connectivity index (χ4n) is 10.2. The van der Waals surface area contributed by atoms with Crippen molar-refractivity contribution in [1.82, 2.24) is 19.9 Å². The molecule has 4 atom stereocenters. The zero-order valence-electron chi connectivity index (χ0n) is 33.1. The Balaban J connectivity index is 1.42. The van der Waals surface area contributed by atoms with Crippen molar-refractivity contribution in [3.05, 3.63) is 47.7 Å². The van der Waals surface area contributed by atoms with E-state index >= 15 is 8.78 Å². The van der Waals surface area contributed by atoms with E-state index in [4.69, 9.17) is 24.1 Å². The van der Waals surface area contributed by atoms with Gasteiger partial charge in [-0.25, -0.2) is 13.2 Å². The monoisotopic (exact) mass is 763 g/mol. The molecule has 0 saturated carbocycles. The summed E-state index contributed by atoms with van der Waals surface area (Å²) in [5, 5.41) is 12.6. The van der Waals surface area contributed by atoms with Crippen LogP contribution in [0.2, 0.25) is 16.6 Å². The standard InChI is InChI=1S/C42H56F3N5O3Si/c1-9-31-34(44)14-13-28-18-30(53-54(24(2)3,25(4)5)26(6)7)19-32(36(28)31)38-37(45)39-33(21-46-38)40(50-17-10-12-35(51)27(50)8)48-41(47-39)52-23-42-15-11-16-49(42)22-29(43)20-42/h13-14,18-19,21,24-27,29,35,51H,9-12,15-17,20,22-23H2,1-8H3/t27-,29-,35-,42+/m1/s1. The molecule has 0 radical (unpaired) electrons. The number of nitrogens with zero attached hydrogens (tertiary/aromatic N) is 5. The van der Waals surface area contributed by atoms with Crippen LogP contribution in [0.4, 0.5) is 19.0 Å². The van der Waals surface area contributed by atoms with E-state index in [-0.39, 0.29) is 35.7 Å². The number of ether oxygens (including phenoxy) is 1. The van der Waals surface area contributed by atoms with Gasteiger partial charge in [0.1, 0.15) is 41.4 Å². The Hall–Kier alpha value is -3.48. The topological polar surface area (TPSA) is 83.8 Å². The summed E-state index contributed by atoms with van der Waals surface area (Å²) in [6.45, 7) is 19.1. The highest BCUT2D eigenvalue weighted by molar-refractivity contribution is 6.78. The average Bonchev–Trinajstić information content (AvgIpc) is 3.66. The van der Waals surface area contributed by atoms with Crippen molar-refractivity contribution in [2.24, 2.45) is 0 Å². The molecule has 3 fully saturated rings. The number of aliphatic hydroxyl groups excluding tert-OH is 1. The number of pyridine rings is 1. The van der Waals surface area contributed by atoms with Crippen LogP contribution < -0.4 is 14.1 Å². The molecular formula is C42H56F3N5O3Si. The van der Waals surface area contributed by atoms with Gasteiger partial charge in [-0.2, -0.15) is 9.97 Å². The van der Waals surface area contributed by atoms with E-state index in [1.165, 1.54) is 6.07 Å². The van der Waals surface area contributed by atoms with Crippen LogP contribution >= 0.6 is 0 Å². The second-order valence-electron chi connectivity index (χ2n) is 16.9. The van der Waals surface area contributed by atoms with Crippen LogP contribution in [0.5, 0.6) is 11.8 Å². The van der Waals surface area contributed by atoms with Gasteiger partial charge in [0, 0.05) is 31.3 Å². The van der Waals surface area contributed by atoms with E-state index in [9.17, 15) is 9.50 Å². The van der Waals surface area contributed by atoms with Crippen molar-refractivity contribution in [1.29, 1.82) is 0 Å². The minimum absolute atomic E-state index is 0.00633. The molecule has 0 spiro atoms. The van der Waals surface area contributed by atoms with Crippen molar-refractivity contribution in [3.63, 3.8) is 0 Å². The zero-order valence-corrected chi connectivity index (χ0v) is 34.1. The first kappa shape index (κ1) is 38.8. The predicted molar refractivity (Wildman–Crippen MR) is 212 cm³/mol. The molecule has 0 aliphatic carbocycles. The van der Waals surface area contributed by atoms with Gasteiger partial charge in [0.15, 0.2) is 5.82 Å². The number of aromatic nitrogens is 3. The molecule has 4 aromatic rings. The lowest BCUT2D eigenvalue weighted by Gasteiger charge is -2.42. The maximum absolute atomic E-state index is 17.5. The highest BCUT2D eigenvalue weighted by Gasteiger charge is 2.50. The number of anilines is 1. The van der Waals surface area contributed by atoms with Crippen LogP contribution in [0.1, 0.15) is 93.1 Å². The quantitative estimate of drug-likeness (QED) is 0.151. The minimum Gasteiger partial charge on any atom is -0.543 e. The second kappa shape index (κ2) is 14.9. The smallest absolute Gasteiger partial charge is 0.319 e. The minimum atomic E-state index is -2.43. The summed E-state index contributed by atoms with van der Waals surface area (Å²) in [6.07, 6.45) is 3.99. The van der Waals surface area contributed by atoms with Crippen LogP contribution in [0.25, 0.3) is 32.9 Å². The lowest BCUT2D eigenvalue weighted by molar-refractivity contribution is 0.107. The number of fused-ring (bicyclic) bond motifs is 3. The molecule has 0 amide bonds. The number of benzene rings is 2. The summed E-state index contributed by atoms with van der Waals surface area (Å²) in [7, 11) is -2.43. The third kappa shape index (κ3) is 6.53. The molecule has 1 N–H and O–H groups in total. The molecule has 3 aliphatic rings. The maximum atomic E-state index is 17.5. The van der Waals surface area contributed by atoms with Crippen LogP contribution in [0, 0.1) is 11.6 Å². The van der Waals surface area contributed by atoms with Gasteiger partial charge in [0.05, 0.1) is 23.1 Å². The zero-order chi connectivity index (χ0) is 38.7. The number of halogens is 3. The number of alkyl halides is 1. The van der Waals surface area contributed by atoms with E-state index in [0.29, 0.717) is 82.4 Å². The van der Waals surface area contributed by atoms with E-state index in [1.807, 2.05) is 30.9 Å². The molecule has 2 aromatic heterocycles. The number of hydrogen-bond acceptors (Lipinski definition) is 8. The maximum Gasteiger partial charge on any atom is 0.319 e. The molecule has 0 unspecified atom stereocenters. The molecule has 2 aromatic carbocycles. The molecule has 3 saturated heterocycles. The molecule has 8 nitrogen and oxygen atoms in total. The molecule has 0 bridgehead atoms. The van der Waals surface area contributed by atoms with Gasteiger partial charge in [0.25, 0.3) is 8.32 Å². The Morgan fingerprint density at radius 1 is 1.02 bits per heavy atom. The highest BCUT2D eigenvalue weighted by Crippen LogP contribution is 2.46. The number of aliphatic hydroxyl groups is 1. The fraction of sp³-hybridized carbons (Fsp3) is 0.595. The third-order valence-corrected chi connectivity index (χ3v) is 18.8. The van der Waals surface area contributed by atoms with Crippen LogP contribution in [0.15, 0.2) is 30.5 Å². The SMILES string of the molecule is CCc1c(F)ccc2cc(O[Si](C(C)C)(C(C)C)C(C)C)cc(-c3ncc4c(N5CCC[C@@H](O)[C@H]5C)nc(OC[C@@]56CCCN5C[C@H](F)C6)nc4c3F)c12.